The third kappa shape index (κ3) is 6.73. The highest BCUT2D eigenvalue weighted by Gasteiger charge is 2.23. The lowest BCUT2D eigenvalue weighted by Gasteiger charge is -2.34. The van der Waals surface area contributed by atoms with Crippen molar-refractivity contribution in [3.05, 3.63) is 15.6 Å². The van der Waals surface area contributed by atoms with Crippen LogP contribution in [-0.2, 0) is 11.2 Å². The van der Waals surface area contributed by atoms with Crippen LogP contribution >= 0.6 is 35.3 Å². The molecule has 1 aliphatic rings. The first-order valence-corrected chi connectivity index (χ1v) is 9.44. The van der Waals surface area contributed by atoms with Crippen molar-refractivity contribution < 1.29 is 4.79 Å². The molecule has 8 heteroatoms. The molecule has 2 heterocycles. The van der Waals surface area contributed by atoms with Crippen molar-refractivity contribution >= 4 is 47.2 Å². The minimum atomic E-state index is 0. The SMILES string of the molecule is CN=C(NCCc1sc(C)nc1C)N1CCC(CC(=O)NC)CC1.I. The quantitative estimate of drug-likeness (QED) is 0.387. The van der Waals surface area contributed by atoms with E-state index in [0.29, 0.717) is 12.3 Å². The molecular formula is C17H30IN5OS. The molecule has 1 aliphatic heterocycles. The summed E-state index contributed by atoms with van der Waals surface area (Å²) in [6.07, 6.45) is 3.70. The van der Waals surface area contributed by atoms with Gasteiger partial charge < -0.3 is 15.5 Å². The molecule has 0 spiro atoms. The molecule has 0 bridgehead atoms. The Balaban J connectivity index is 0.00000312. The molecule has 1 aromatic rings. The first-order valence-electron chi connectivity index (χ1n) is 8.62. The van der Waals surface area contributed by atoms with Crippen LogP contribution in [0.15, 0.2) is 4.99 Å². The van der Waals surface area contributed by atoms with E-state index in [1.807, 2.05) is 7.05 Å². The Bertz CT molecular complexity index is 582. The Labute approximate surface area is 171 Å². The number of aliphatic imine (C=N–C) groups is 1. The number of rotatable bonds is 5. The second-order valence-electron chi connectivity index (χ2n) is 6.27. The second-order valence-corrected chi connectivity index (χ2v) is 7.56. The van der Waals surface area contributed by atoms with E-state index in [1.54, 1.807) is 18.4 Å². The highest BCUT2D eigenvalue weighted by molar-refractivity contribution is 14.0. The van der Waals surface area contributed by atoms with Gasteiger partial charge in [-0.25, -0.2) is 4.98 Å². The van der Waals surface area contributed by atoms with Gasteiger partial charge in [0.25, 0.3) is 0 Å². The van der Waals surface area contributed by atoms with Crippen molar-refractivity contribution in [1.29, 1.82) is 0 Å². The summed E-state index contributed by atoms with van der Waals surface area (Å²) in [4.78, 5) is 24.0. The molecule has 2 rings (SSSR count). The molecule has 1 aromatic heterocycles. The van der Waals surface area contributed by atoms with Crippen LogP contribution in [0, 0.1) is 19.8 Å². The zero-order valence-corrected chi connectivity index (χ0v) is 18.7. The Morgan fingerprint density at radius 1 is 1.36 bits per heavy atom. The van der Waals surface area contributed by atoms with Gasteiger partial charge in [-0.15, -0.1) is 35.3 Å². The van der Waals surface area contributed by atoms with Crippen molar-refractivity contribution in [2.24, 2.45) is 10.9 Å². The molecule has 0 saturated carbocycles. The molecule has 1 fully saturated rings. The number of thiazole rings is 1. The number of aryl methyl sites for hydroxylation is 2. The van der Waals surface area contributed by atoms with Crippen molar-refractivity contribution in [2.45, 2.75) is 39.5 Å². The van der Waals surface area contributed by atoms with Crippen molar-refractivity contribution in [1.82, 2.24) is 20.5 Å². The van der Waals surface area contributed by atoms with Gasteiger partial charge in [0.1, 0.15) is 0 Å². The number of nitrogens with one attached hydrogen (secondary N) is 2. The highest BCUT2D eigenvalue weighted by Crippen LogP contribution is 2.20. The number of likely N-dealkylation sites (tertiary alicyclic amines) is 1. The number of nitrogens with zero attached hydrogens (tertiary/aromatic N) is 3. The van der Waals surface area contributed by atoms with Crippen LogP contribution in [0.1, 0.15) is 34.8 Å². The molecule has 0 unspecified atom stereocenters. The second kappa shape index (κ2) is 10.9. The van der Waals surface area contributed by atoms with Gasteiger partial charge in [-0.2, -0.15) is 0 Å². The van der Waals surface area contributed by atoms with Crippen LogP contribution in [0.3, 0.4) is 0 Å². The number of carbonyl (C=O) groups is 1. The summed E-state index contributed by atoms with van der Waals surface area (Å²) >= 11 is 1.77. The molecule has 142 valence electrons. The average Bonchev–Trinajstić information content (AvgIpc) is 2.90. The first kappa shape index (κ1) is 22.1. The Hall–Kier alpha value is -0.900. The van der Waals surface area contributed by atoms with E-state index in [1.165, 1.54) is 4.88 Å². The molecule has 25 heavy (non-hydrogen) atoms. The number of carbonyl (C=O) groups excluding carboxylic acids is 1. The fraction of sp³-hybridized carbons (Fsp3) is 0.706. The van der Waals surface area contributed by atoms with Gasteiger partial charge in [-0.1, -0.05) is 0 Å². The molecule has 0 atom stereocenters. The molecule has 2 N–H and O–H groups in total. The molecule has 1 saturated heterocycles. The predicted octanol–water partition coefficient (Wildman–Crippen LogP) is 2.34. The summed E-state index contributed by atoms with van der Waals surface area (Å²) in [5.74, 6) is 1.60. The Kier molecular flexibility index (Phi) is 9.70. The van der Waals surface area contributed by atoms with Gasteiger partial charge in [0.15, 0.2) is 5.96 Å². The number of halogens is 1. The number of piperidine rings is 1. The fourth-order valence-electron chi connectivity index (χ4n) is 3.14. The standard InChI is InChI=1S/C17H29N5OS.HI/c1-12-15(24-13(2)21-12)5-8-20-17(19-4)22-9-6-14(7-10-22)11-16(23)18-3;/h14H,5-11H2,1-4H3,(H,18,23)(H,19,20);1H. The third-order valence-electron chi connectivity index (χ3n) is 4.51. The minimum absolute atomic E-state index is 0. The van der Waals surface area contributed by atoms with Gasteiger partial charge in [0.05, 0.1) is 10.7 Å². The third-order valence-corrected chi connectivity index (χ3v) is 5.65. The van der Waals surface area contributed by atoms with E-state index < -0.39 is 0 Å². The molecular weight excluding hydrogens is 449 g/mol. The van der Waals surface area contributed by atoms with Crippen molar-refractivity contribution in [3.8, 4) is 0 Å². The van der Waals surface area contributed by atoms with Gasteiger partial charge >= 0.3 is 0 Å². The lowest BCUT2D eigenvalue weighted by atomic mass is 9.93. The van der Waals surface area contributed by atoms with E-state index in [4.69, 9.17) is 0 Å². The average molecular weight is 479 g/mol. The maximum Gasteiger partial charge on any atom is 0.220 e. The maximum atomic E-state index is 11.5. The largest absolute Gasteiger partial charge is 0.359 e. The van der Waals surface area contributed by atoms with Crippen LogP contribution in [0.5, 0.6) is 0 Å². The minimum Gasteiger partial charge on any atom is -0.359 e. The lowest BCUT2D eigenvalue weighted by molar-refractivity contribution is -0.121. The predicted molar refractivity (Wildman–Crippen MR) is 115 cm³/mol. The van der Waals surface area contributed by atoms with Gasteiger partial charge in [-0.05, 0) is 32.6 Å². The smallest absolute Gasteiger partial charge is 0.220 e. The molecule has 0 aliphatic carbocycles. The summed E-state index contributed by atoms with van der Waals surface area (Å²) in [7, 11) is 3.54. The summed E-state index contributed by atoms with van der Waals surface area (Å²) in [6, 6.07) is 0. The van der Waals surface area contributed by atoms with E-state index in [2.05, 4.69) is 39.4 Å². The molecule has 6 nitrogen and oxygen atoms in total. The topological polar surface area (TPSA) is 69.6 Å². The summed E-state index contributed by atoms with van der Waals surface area (Å²) in [6.45, 7) is 6.91. The van der Waals surface area contributed by atoms with E-state index in [9.17, 15) is 4.79 Å². The summed E-state index contributed by atoms with van der Waals surface area (Å²) in [5, 5.41) is 7.31. The Morgan fingerprint density at radius 2 is 2.04 bits per heavy atom. The van der Waals surface area contributed by atoms with Gasteiger partial charge in [-0.3, -0.25) is 9.79 Å². The van der Waals surface area contributed by atoms with E-state index in [-0.39, 0.29) is 29.9 Å². The lowest BCUT2D eigenvalue weighted by Crippen LogP contribution is -2.46. The van der Waals surface area contributed by atoms with Gasteiger partial charge in [0, 0.05) is 51.4 Å². The normalized spacial score (nSPS) is 15.7. The van der Waals surface area contributed by atoms with E-state index in [0.717, 1.165) is 55.6 Å². The van der Waals surface area contributed by atoms with Crippen LogP contribution < -0.4 is 10.6 Å². The molecule has 0 radical (unpaired) electrons. The van der Waals surface area contributed by atoms with Crippen LogP contribution in [-0.4, -0.2) is 55.5 Å². The highest BCUT2D eigenvalue weighted by atomic mass is 127. The van der Waals surface area contributed by atoms with Crippen molar-refractivity contribution in [3.63, 3.8) is 0 Å². The van der Waals surface area contributed by atoms with E-state index >= 15 is 0 Å². The molecule has 0 aromatic carbocycles. The zero-order chi connectivity index (χ0) is 17.5. The van der Waals surface area contributed by atoms with Crippen molar-refractivity contribution in [2.75, 3.05) is 33.7 Å². The van der Waals surface area contributed by atoms with Crippen LogP contribution in [0.4, 0.5) is 0 Å². The summed E-state index contributed by atoms with van der Waals surface area (Å²) in [5.41, 5.74) is 1.14. The number of aromatic nitrogens is 1. The fourth-order valence-corrected chi connectivity index (χ4v) is 4.08. The monoisotopic (exact) mass is 479 g/mol. The number of hydrogen-bond donors (Lipinski definition) is 2. The first-order chi connectivity index (χ1) is 11.5. The number of hydrogen-bond acceptors (Lipinski definition) is 4. The zero-order valence-electron chi connectivity index (χ0n) is 15.6. The molecule has 1 amide bonds. The van der Waals surface area contributed by atoms with Crippen LogP contribution in [0.2, 0.25) is 0 Å². The van der Waals surface area contributed by atoms with Crippen LogP contribution in [0.25, 0.3) is 0 Å². The van der Waals surface area contributed by atoms with Gasteiger partial charge in [0.2, 0.25) is 5.91 Å². The summed E-state index contributed by atoms with van der Waals surface area (Å²) < 4.78 is 0. The number of guanidine groups is 1. The Morgan fingerprint density at radius 3 is 2.56 bits per heavy atom. The maximum absolute atomic E-state index is 11.5. The number of amides is 1.